The van der Waals surface area contributed by atoms with Crippen LogP contribution < -0.4 is 0 Å². The van der Waals surface area contributed by atoms with E-state index in [-0.39, 0.29) is 6.04 Å². The molecule has 1 aliphatic rings. The van der Waals surface area contributed by atoms with Gasteiger partial charge in [0.15, 0.2) is 0 Å². The van der Waals surface area contributed by atoms with Crippen molar-refractivity contribution in [2.75, 3.05) is 6.54 Å². The lowest BCUT2D eigenvalue weighted by Gasteiger charge is -2.27. The highest BCUT2D eigenvalue weighted by atomic mass is 19.4. The van der Waals surface area contributed by atoms with E-state index in [4.69, 9.17) is 5.11 Å². The maximum atomic E-state index is 12.3. The second-order valence-electron chi connectivity index (χ2n) is 5.23. The Bertz CT molecular complexity index is 348. The molecule has 0 aromatic rings. The van der Waals surface area contributed by atoms with E-state index in [0.717, 1.165) is 4.90 Å². The summed E-state index contributed by atoms with van der Waals surface area (Å²) in [6, 6.07) is -0.385. The maximum absolute atomic E-state index is 12.3. The summed E-state index contributed by atoms with van der Waals surface area (Å²) in [7, 11) is 0. The first-order valence-electron chi connectivity index (χ1n) is 5.62. The molecule has 0 atom stereocenters. The minimum absolute atomic E-state index is 0.385. The molecule has 4 nitrogen and oxygen atoms in total. The number of aliphatic carboxylic acids is 1. The van der Waals surface area contributed by atoms with E-state index in [1.807, 2.05) is 0 Å². The van der Waals surface area contributed by atoms with Crippen LogP contribution in [0.3, 0.4) is 0 Å². The van der Waals surface area contributed by atoms with E-state index in [9.17, 15) is 22.8 Å². The van der Waals surface area contributed by atoms with Gasteiger partial charge in [-0.3, -0.25) is 9.59 Å². The van der Waals surface area contributed by atoms with Crippen molar-refractivity contribution in [3.8, 4) is 0 Å². The molecule has 1 N–H and O–H groups in total. The highest BCUT2D eigenvalue weighted by molar-refractivity contribution is 5.84. The largest absolute Gasteiger partial charge is 0.481 e. The van der Waals surface area contributed by atoms with Crippen molar-refractivity contribution in [3.63, 3.8) is 0 Å². The summed E-state index contributed by atoms with van der Waals surface area (Å²) in [4.78, 5) is 23.4. The number of hydrogen-bond acceptors (Lipinski definition) is 2. The summed E-state index contributed by atoms with van der Waals surface area (Å²) in [5.74, 6) is -1.94. The van der Waals surface area contributed by atoms with Crippen LogP contribution in [-0.4, -0.2) is 40.6 Å². The number of amides is 1. The summed E-state index contributed by atoms with van der Waals surface area (Å²) >= 11 is 0. The SMILES string of the molecule is CC(C)(CC(=O)N(CC(F)(F)F)C1CC1)C(=O)O. The number of alkyl halides is 3. The van der Waals surface area contributed by atoms with Gasteiger partial charge in [0, 0.05) is 12.5 Å². The van der Waals surface area contributed by atoms with Crippen molar-refractivity contribution in [1.82, 2.24) is 4.90 Å². The van der Waals surface area contributed by atoms with Crippen LogP contribution in [0.5, 0.6) is 0 Å². The molecule has 0 radical (unpaired) electrons. The fraction of sp³-hybridized carbons (Fsp3) is 0.818. The van der Waals surface area contributed by atoms with Crippen LogP contribution in [0.4, 0.5) is 13.2 Å². The molecule has 0 unspecified atom stereocenters. The Balaban J connectivity index is 2.69. The van der Waals surface area contributed by atoms with Crippen LogP contribution in [0.2, 0.25) is 0 Å². The van der Waals surface area contributed by atoms with Crippen molar-refractivity contribution in [3.05, 3.63) is 0 Å². The molecule has 0 spiro atoms. The number of halogens is 3. The summed E-state index contributed by atoms with van der Waals surface area (Å²) in [6.07, 6.45) is -3.77. The standard InChI is InChI=1S/C11H16F3NO3/c1-10(2,9(17)18)5-8(16)15(7-3-4-7)6-11(12,13)14/h7H,3-6H2,1-2H3,(H,17,18). The molecule has 1 aliphatic carbocycles. The van der Waals surface area contributed by atoms with E-state index < -0.39 is 36.4 Å². The summed E-state index contributed by atoms with van der Waals surface area (Å²) in [6.45, 7) is 1.35. The van der Waals surface area contributed by atoms with Gasteiger partial charge in [0.1, 0.15) is 6.54 Å². The van der Waals surface area contributed by atoms with E-state index in [1.54, 1.807) is 0 Å². The first kappa shape index (κ1) is 14.8. The van der Waals surface area contributed by atoms with E-state index >= 15 is 0 Å². The van der Waals surface area contributed by atoms with Crippen LogP contribution in [0.15, 0.2) is 0 Å². The van der Waals surface area contributed by atoms with Gasteiger partial charge in [-0.25, -0.2) is 0 Å². The number of carboxylic acid groups (broad SMARTS) is 1. The van der Waals surface area contributed by atoms with E-state index in [1.165, 1.54) is 13.8 Å². The Labute approximate surface area is 103 Å². The first-order chi connectivity index (χ1) is 8.03. The Morgan fingerprint density at radius 2 is 1.78 bits per heavy atom. The van der Waals surface area contributed by atoms with Crippen molar-refractivity contribution in [2.45, 2.75) is 45.3 Å². The van der Waals surface area contributed by atoms with Crippen LogP contribution >= 0.6 is 0 Å². The smallest absolute Gasteiger partial charge is 0.406 e. The highest BCUT2D eigenvalue weighted by Gasteiger charge is 2.42. The van der Waals surface area contributed by atoms with Gasteiger partial charge in [0.05, 0.1) is 5.41 Å². The molecule has 0 heterocycles. The fourth-order valence-electron chi connectivity index (χ4n) is 1.56. The monoisotopic (exact) mass is 267 g/mol. The van der Waals surface area contributed by atoms with Gasteiger partial charge >= 0.3 is 12.1 Å². The van der Waals surface area contributed by atoms with Gasteiger partial charge in [-0.05, 0) is 26.7 Å². The Morgan fingerprint density at radius 1 is 1.28 bits per heavy atom. The van der Waals surface area contributed by atoms with Crippen LogP contribution in [0.1, 0.15) is 33.1 Å². The minimum atomic E-state index is -4.45. The molecule has 0 aromatic heterocycles. The lowest BCUT2D eigenvalue weighted by Crippen LogP contribution is -2.43. The molecule has 0 saturated heterocycles. The lowest BCUT2D eigenvalue weighted by atomic mass is 9.89. The van der Waals surface area contributed by atoms with Crippen molar-refractivity contribution in [2.24, 2.45) is 5.41 Å². The van der Waals surface area contributed by atoms with Crippen molar-refractivity contribution in [1.29, 1.82) is 0 Å². The first-order valence-corrected chi connectivity index (χ1v) is 5.62. The van der Waals surface area contributed by atoms with Gasteiger partial charge in [-0.15, -0.1) is 0 Å². The molecule has 7 heteroatoms. The third-order valence-corrected chi connectivity index (χ3v) is 2.83. The number of rotatable bonds is 5. The maximum Gasteiger partial charge on any atom is 0.406 e. The van der Waals surface area contributed by atoms with Crippen molar-refractivity contribution < 1.29 is 27.9 Å². The zero-order chi connectivity index (χ0) is 14.1. The van der Waals surface area contributed by atoms with Crippen LogP contribution in [-0.2, 0) is 9.59 Å². The number of nitrogens with zero attached hydrogens (tertiary/aromatic N) is 1. The van der Waals surface area contributed by atoms with Crippen LogP contribution in [0.25, 0.3) is 0 Å². The molecule has 0 aliphatic heterocycles. The fourth-order valence-corrected chi connectivity index (χ4v) is 1.56. The highest BCUT2D eigenvalue weighted by Crippen LogP contribution is 2.32. The molecule has 1 rings (SSSR count). The third kappa shape index (κ3) is 4.19. The van der Waals surface area contributed by atoms with Gasteiger partial charge in [0.25, 0.3) is 0 Å². The molecule has 1 saturated carbocycles. The van der Waals surface area contributed by atoms with Gasteiger partial charge in [-0.1, -0.05) is 0 Å². The van der Waals surface area contributed by atoms with E-state index in [2.05, 4.69) is 0 Å². The number of carboxylic acids is 1. The zero-order valence-electron chi connectivity index (χ0n) is 10.3. The molecule has 1 fully saturated rings. The Morgan fingerprint density at radius 3 is 2.11 bits per heavy atom. The molecule has 0 aromatic carbocycles. The molecular weight excluding hydrogens is 251 g/mol. The third-order valence-electron chi connectivity index (χ3n) is 2.83. The van der Waals surface area contributed by atoms with Gasteiger partial charge in [0.2, 0.25) is 5.91 Å². The number of carbonyl (C=O) groups is 2. The molecule has 1 amide bonds. The van der Waals surface area contributed by atoms with Crippen LogP contribution in [0, 0.1) is 5.41 Å². The quantitative estimate of drug-likeness (QED) is 0.829. The number of hydrogen-bond donors (Lipinski definition) is 1. The predicted molar refractivity (Wildman–Crippen MR) is 56.8 cm³/mol. The molecule has 0 bridgehead atoms. The lowest BCUT2D eigenvalue weighted by molar-refractivity contribution is -0.165. The van der Waals surface area contributed by atoms with E-state index in [0.29, 0.717) is 12.8 Å². The summed E-state index contributed by atoms with van der Waals surface area (Å²) in [5, 5.41) is 8.87. The van der Waals surface area contributed by atoms with Gasteiger partial charge < -0.3 is 10.0 Å². The minimum Gasteiger partial charge on any atom is -0.481 e. The average Bonchev–Trinajstić information content (AvgIpc) is 2.94. The molecule has 18 heavy (non-hydrogen) atoms. The Hall–Kier alpha value is -1.27. The summed E-state index contributed by atoms with van der Waals surface area (Å²) < 4.78 is 37.0. The summed E-state index contributed by atoms with van der Waals surface area (Å²) in [5.41, 5.74) is -1.35. The number of carbonyl (C=O) groups excluding carboxylic acids is 1. The predicted octanol–water partition coefficient (Wildman–Crippen LogP) is 2.04. The average molecular weight is 267 g/mol. The molecule has 104 valence electrons. The molecular formula is C11H16F3NO3. The second-order valence-corrected chi connectivity index (χ2v) is 5.23. The zero-order valence-corrected chi connectivity index (χ0v) is 10.3. The topological polar surface area (TPSA) is 57.6 Å². The van der Waals surface area contributed by atoms with Crippen molar-refractivity contribution >= 4 is 11.9 Å². The Kier molecular flexibility index (Phi) is 3.92. The van der Waals surface area contributed by atoms with Gasteiger partial charge in [-0.2, -0.15) is 13.2 Å². The normalized spacial score (nSPS) is 16.5. The second kappa shape index (κ2) is 4.78.